The van der Waals surface area contributed by atoms with Crippen LogP contribution in [0.1, 0.15) is 5.69 Å². The molecule has 0 bridgehead atoms. The molecule has 4 aromatic rings. The molecule has 0 atom stereocenters. The molecule has 2 N–H and O–H groups in total. The van der Waals surface area contributed by atoms with E-state index < -0.39 is 39.2 Å². The van der Waals surface area contributed by atoms with E-state index in [2.05, 4.69) is 20.4 Å². The summed E-state index contributed by atoms with van der Waals surface area (Å²) >= 11 is 5.78. The number of carboxylic acids is 1. The zero-order valence-electron chi connectivity index (χ0n) is 18.2. The van der Waals surface area contributed by atoms with Crippen molar-refractivity contribution in [3.05, 3.63) is 77.5 Å². The Bertz CT molecular complexity index is 1610. The highest BCUT2D eigenvalue weighted by molar-refractivity contribution is 7.92. The van der Waals surface area contributed by atoms with Crippen molar-refractivity contribution in [1.82, 2.24) is 19.7 Å². The zero-order valence-corrected chi connectivity index (χ0v) is 19.8. The lowest BCUT2D eigenvalue weighted by atomic mass is 10.1. The number of halogens is 5. The van der Waals surface area contributed by atoms with Crippen LogP contribution in [0.2, 0.25) is 5.02 Å². The Morgan fingerprint density at radius 1 is 1.14 bits per heavy atom. The number of carboxylic acid groups (broad SMARTS) is 1. The summed E-state index contributed by atoms with van der Waals surface area (Å²) in [6.45, 7) is 0. The molecule has 0 amide bonds. The molecule has 4 rings (SSSR count). The molecular formula is C22H14ClF4N5O4S. The van der Waals surface area contributed by atoms with E-state index in [0.29, 0.717) is 0 Å². The number of aromatic nitrogens is 4. The number of aliphatic carboxylic acids is 1. The number of rotatable bonds is 7. The third-order valence-corrected chi connectivity index (χ3v) is 6.75. The van der Waals surface area contributed by atoms with E-state index >= 15 is 0 Å². The fourth-order valence-corrected chi connectivity index (χ4v) is 4.48. The van der Waals surface area contributed by atoms with Crippen LogP contribution >= 0.6 is 11.6 Å². The average Bonchev–Trinajstić information content (AvgIpc) is 3.32. The number of hydrogen-bond donors (Lipinski definition) is 2. The average molecular weight is 556 g/mol. The SMILES string of the molecule is O=C(O)CS(=O)(=O)c1cccc(-c2cnc(Nc3ccc(F)c(Cl)c3)nc2-n2ccc(C(F)(F)F)n2)c1. The van der Waals surface area contributed by atoms with Gasteiger partial charge in [-0.05, 0) is 42.0 Å². The van der Waals surface area contributed by atoms with Crippen LogP contribution in [0.5, 0.6) is 0 Å². The van der Waals surface area contributed by atoms with Crippen molar-refractivity contribution in [2.45, 2.75) is 11.1 Å². The van der Waals surface area contributed by atoms with Crippen LogP contribution in [0, 0.1) is 5.82 Å². The summed E-state index contributed by atoms with van der Waals surface area (Å²) in [5.74, 6) is -3.65. The van der Waals surface area contributed by atoms with Gasteiger partial charge in [-0.15, -0.1) is 0 Å². The fourth-order valence-electron chi connectivity index (χ4n) is 3.21. The molecule has 15 heteroatoms. The molecule has 2 aromatic heterocycles. The molecular weight excluding hydrogens is 542 g/mol. The molecule has 2 heterocycles. The van der Waals surface area contributed by atoms with Gasteiger partial charge in [-0.2, -0.15) is 23.3 Å². The molecule has 0 aliphatic carbocycles. The van der Waals surface area contributed by atoms with Gasteiger partial charge in [0.2, 0.25) is 5.95 Å². The lowest BCUT2D eigenvalue weighted by molar-refractivity contribution is -0.141. The van der Waals surface area contributed by atoms with Crippen LogP contribution in [-0.2, 0) is 20.8 Å². The molecule has 37 heavy (non-hydrogen) atoms. The molecule has 0 saturated heterocycles. The molecule has 0 unspecified atom stereocenters. The maximum absolute atomic E-state index is 13.5. The monoisotopic (exact) mass is 555 g/mol. The lowest BCUT2D eigenvalue weighted by Gasteiger charge is -2.13. The smallest absolute Gasteiger partial charge is 0.435 e. The summed E-state index contributed by atoms with van der Waals surface area (Å²) < 4.78 is 78.7. The zero-order chi connectivity index (χ0) is 27.0. The summed E-state index contributed by atoms with van der Waals surface area (Å²) in [5.41, 5.74) is -0.660. The minimum atomic E-state index is -4.74. The van der Waals surface area contributed by atoms with Crippen molar-refractivity contribution in [2.75, 3.05) is 11.1 Å². The van der Waals surface area contributed by atoms with E-state index in [1.807, 2.05) is 0 Å². The van der Waals surface area contributed by atoms with Gasteiger partial charge in [0, 0.05) is 23.6 Å². The van der Waals surface area contributed by atoms with Crippen LogP contribution in [-0.4, -0.2) is 45.0 Å². The first-order valence-corrected chi connectivity index (χ1v) is 12.1. The molecule has 0 saturated carbocycles. The second-order valence-corrected chi connectivity index (χ2v) is 9.91. The van der Waals surface area contributed by atoms with E-state index in [1.54, 1.807) is 0 Å². The Kier molecular flexibility index (Phi) is 6.88. The number of carbonyl (C=O) groups is 1. The molecule has 192 valence electrons. The van der Waals surface area contributed by atoms with Gasteiger partial charge in [0.05, 0.1) is 9.92 Å². The highest BCUT2D eigenvalue weighted by atomic mass is 35.5. The quantitative estimate of drug-likeness (QED) is 0.313. The van der Waals surface area contributed by atoms with Gasteiger partial charge < -0.3 is 10.4 Å². The van der Waals surface area contributed by atoms with Crippen molar-refractivity contribution in [3.8, 4) is 16.9 Å². The Morgan fingerprint density at radius 3 is 2.54 bits per heavy atom. The number of alkyl halides is 3. The van der Waals surface area contributed by atoms with Gasteiger partial charge in [-0.3, -0.25) is 4.79 Å². The van der Waals surface area contributed by atoms with Crippen molar-refractivity contribution in [2.24, 2.45) is 0 Å². The number of nitrogens with zero attached hydrogens (tertiary/aromatic N) is 4. The first-order chi connectivity index (χ1) is 17.3. The second-order valence-electron chi connectivity index (χ2n) is 7.51. The third-order valence-electron chi connectivity index (χ3n) is 4.86. The molecule has 0 spiro atoms. The first-order valence-electron chi connectivity index (χ1n) is 10.1. The molecule has 0 radical (unpaired) electrons. The van der Waals surface area contributed by atoms with Gasteiger partial charge in [0.1, 0.15) is 5.82 Å². The van der Waals surface area contributed by atoms with E-state index in [9.17, 15) is 30.8 Å². The number of anilines is 2. The van der Waals surface area contributed by atoms with Crippen LogP contribution in [0.15, 0.2) is 65.8 Å². The van der Waals surface area contributed by atoms with Crippen LogP contribution in [0.25, 0.3) is 16.9 Å². The highest BCUT2D eigenvalue weighted by Gasteiger charge is 2.34. The normalized spacial score (nSPS) is 11.9. The minimum absolute atomic E-state index is 0.0897. The number of nitrogens with one attached hydrogen (secondary N) is 1. The molecule has 0 fully saturated rings. The lowest BCUT2D eigenvalue weighted by Crippen LogP contribution is -2.15. The Hall–Kier alpha value is -4.04. The Morgan fingerprint density at radius 2 is 1.89 bits per heavy atom. The third kappa shape index (κ3) is 5.86. The highest BCUT2D eigenvalue weighted by Crippen LogP contribution is 2.31. The summed E-state index contributed by atoms with van der Waals surface area (Å²) in [4.78, 5) is 19.0. The molecule has 0 aliphatic heterocycles. The number of benzene rings is 2. The van der Waals surface area contributed by atoms with Crippen molar-refractivity contribution >= 4 is 39.0 Å². The van der Waals surface area contributed by atoms with Crippen molar-refractivity contribution in [3.63, 3.8) is 0 Å². The Balaban J connectivity index is 1.83. The Labute approximate surface area is 211 Å². The standard InChI is InChI=1S/C22H14ClF4N5O4S/c23-16-9-13(4-5-17(16)24)29-21-28-10-15(20(30-21)32-7-6-18(31-32)22(25,26)27)12-2-1-3-14(8-12)37(35,36)11-19(33)34/h1-10H,11H2,(H,33,34)(H,28,29,30). The predicted molar refractivity (Wildman–Crippen MR) is 124 cm³/mol. The van der Waals surface area contributed by atoms with Gasteiger partial charge in [0.25, 0.3) is 0 Å². The largest absolute Gasteiger partial charge is 0.480 e. The summed E-state index contributed by atoms with van der Waals surface area (Å²) in [6, 6.07) is 9.53. The summed E-state index contributed by atoms with van der Waals surface area (Å²) in [6.07, 6.45) is -2.51. The van der Waals surface area contributed by atoms with Crippen LogP contribution < -0.4 is 5.32 Å². The molecule has 0 aliphatic rings. The van der Waals surface area contributed by atoms with Gasteiger partial charge >= 0.3 is 12.1 Å². The predicted octanol–water partition coefficient (Wildman–Crippen LogP) is 4.74. The fraction of sp³-hybridized carbons (Fsp3) is 0.0909. The topological polar surface area (TPSA) is 127 Å². The number of sulfone groups is 1. The van der Waals surface area contributed by atoms with Gasteiger partial charge in [-0.1, -0.05) is 23.7 Å². The van der Waals surface area contributed by atoms with E-state index in [0.717, 1.165) is 29.1 Å². The second kappa shape index (κ2) is 9.78. The van der Waals surface area contributed by atoms with Gasteiger partial charge in [0.15, 0.2) is 27.1 Å². The minimum Gasteiger partial charge on any atom is -0.480 e. The van der Waals surface area contributed by atoms with Crippen molar-refractivity contribution < 1.29 is 35.9 Å². The molecule has 9 nitrogen and oxygen atoms in total. The van der Waals surface area contributed by atoms with E-state index in [1.165, 1.54) is 36.5 Å². The van der Waals surface area contributed by atoms with Crippen LogP contribution in [0.3, 0.4) is 0 Å². The van der Waals surface area contributed by atoms with Gasteiger partial charge in [-0.25, -0.2) is 22.5 Å². The number of hydrogen-bond acceptors (Lipinski definition) is 7. The first kappa shape index (κ1) is 26.0. The summed E-state index contributed by atoms with van der Waals surface area (Å²) in [7, 11) is -4.21. The molecule has 2 aromatic carbocycles. The van der Waals surface area contributed by atoms with Crippen molar-refractivity contribution in [1.29, 1.82) is 0 Å². The maximum atomic E-state index is 13.5. The maximum Gasteiger partial charge on any atom is 0.435 e. The van der Waals surface area contributed by atoms with E-state index in [-0.39, 0.29) is 38.5 Å². The van der Waals surface area contributed by atoms with Crippen LogP contribution in [0.4, 0.5) is 29.2 Å². The summed E-state index contributed by atoms with van der Waals surface area (Å²) in [5, 5.41) is 15.0. The van der Waals surface area contributed by atoms with E-state index in [4.69, 9.17) is 16.7 Å².